The molecule has 9 aromatic carbocycles. The van der Waals surface area contributed by atoms with Crippen LogP contribution >= 0.6 is 0 Å². The van der Waals surface area contributed by atoms with Gasteiger partial charge in [0, 0.05) is 22.4 Å². The van der Waals surface area contributed by atoms with Crippen molar-refractivity contribution in [2.45, 2.75) is 19.3 Å². The molecule has 0 aliphatic heterocycles. The third-order valence-corrected chi connectivity index (χ3v) is 11.7. The van der Waals surface area contributed by atoms with Crippen molar-refractivity contribution in [3.63, 3.8) is 0 Å². The molecule has 0 atom stereocenters. The second-order valence-corrected chi connectivity index (χ2v) is 15.3. The van der Waals surface area contributed by atoms with E-state index in [0.717, 1.165) is 17.1 Å². The maximum absolute atomic E-state index is 2.45. The lowest BCUT2D eigenvalue weighted by atomic mass is 9.81. The van der Waals surface area contributed by atoms with E-state index in [9.17, 15) is 0 Å². The van der Waals surface area contributed by atoms with Crippen molar-refractivity contribution in [1.29, 1.82) is 0 Å². The molecule has 56 heavy (non-hydrogen) atoms. The first-order valence-electron chi connectivity index (χ1n) is 19.5. The van der Waals surface area contributed by atoms with Gasteiger partial charge in [0.2, 0.25) is 0 Å². The van der Waals surface area contributed by atoms with Gasteiger partial charge in [-0.2, -0.15) is 0 Å². The molecule has 1 aliphatic rings. The van der Waals surface area contributed by atoms with Gasteiger partial charge >= 0.3 is 0 Å². The molecule has 266 valence electrons. The quantitative estimate of drug-likeness (QED) is 0.159. The van der Waals surface area contributed by atoms with Crippen LogP contribution in [0.4, 0.5) is 17.1 Å². The molecule has 0 saturated heterocycles. The van der Waals surface area contributed by atoms with E-state index >= 15 is 0 Å². The minimum atomic E-state index is -0.176. The van der Waals surface area contributed by atoms with Crippen LogP contribution < -0.4 is 4.90 Å². The Labute approximate surface area is 329 Å². The zero-order chi connectivity index (χ0) is 37.6. The van der Waals surface area contributed by atoms with Crippen LogP contribution in [0.2, 0.25) is 0 Å². The second kappa shape index (κ2) is 13.7. The van der Waals surface area contributed by atoms with Crippen molar-refractivity contribution in [3.05, 3.63) is 223 Å². The summed E-state index contributed by atoms with van der Waals surface area (Å²) in [4.78, 5) is 2.45. The van der Waals surface area contributed by atoms with Crippen LogP contribution in [0, 0.1) is 0 Å². The van der Waals surface area contributed by atoms with Gasteiger partial charge in [0.25, 0.3) is 0 Å². The molecule has 0 unspecified atom stereocenters. The Morgan fingerprint density at radius 3 is 1.57 bits per heavy atom. The molecule has 9 aromatic rings. The van der Waals surface area contributed by atoms with E-state index in [2.05, 4.69) is 231 Å². The maximum atomic E-state index is 2.45. The lowest BCUT2D eigenvalue weighted by Crippen LogP contribution is -2.17. The van der Waals surface area contributed by atoms with Crippen LogP contribution in [-0.2, 0) is 5.41 Å². The highest BCUT2D eigenvalue weighted by Gasteiger charge is 2.37. The number of fused-ring (bicyclic) bond motifs is 4. The third kappa shape index (κ3) is 5.72. The maximum Gasteiger partial charge on any atom is 0.0540 e. The number of benzene rings is 9. The summed E-state index contributed by atoms with van der Waals surface area (Å²) in [6.07, 6.45) is 0. The summed E-state index contributed by atoms with van der Waals surface area (Å²) in [7, 11) is 0. The normalized spacial score (nSPS) is 12.6. The van der Waals surface area contributed by atoms with Crippen molar-refractivity contribution < 1.29 is 0 Å². The van der Waals surface area contributed by atoms with Gasteiger partial charge in [-0.1, -0.05) is 184 Å². The van der Waals surface area contributed by atoms with E-state index < -0.39 is 0 Å². The fraction of sp³-hybridized carbons (Fsp3) is 0.0545. The lowest BCUT2D eigenvalue weighted by molar-refractivity contribution is 0.660. The molecule has 1 nitrogen and oxygen atoms in total. The highest BCUT2D eigenvalue weighted by atomic mass is 15.1. The number of hydrogen-bond acceptors (Lipinski definition) is 1. The predicted molar refractivity (Wildman–Crippen MR) is 238 cm³/mol. The highest BCUT2D eigenvalue weighted by Crippen LogP contribution is 2.54. The van der Waals surface area contributed by atoms with Crippen LogP contribution in [0.3, 0.4) is 0 Å². The van der Waals surface area contributed by atoms with Gasteiger partial charge in [-0.3, -0.25) is 0 Å². The zero-order valence-corrected chi connectivity index (χ0v) is 31.7. The molecular formula is C55H41N. The summed E-state index contributed by atoms with van der Waals surface area (Å²) in [5.41, 5.74) is 18.3. The van der Waals surface area contributed by atoms with Crippen LogP contribution in [0.1, 0.15) is 25.0 Å². The van der Waals surface area contributed by atoms with Gasteiger partial charge in [0.05, 0.1) is 5.69 Å². The van der Waals surface area contributed by atoms with Crippen molar-refractivity contribution in [1.82, 2.24) is 0 Å². The molecule has 0 spiro atoms. The molecule has 0 N–H and O–H groups in total. The summed E-state index contributed by atoms with van der Waals surface area (Å²) >= 11 is 0. The van der Waals surface area contributed by atoms with Crippen LogP contribution in [0.15, 0.2) is 212 Å². The smallest absolute Gasteiger partial charge is 0.0540 e. The van der Waals surface area contributed by atoms with Crippen molar-refractivity contribution in [2.24, 2.45) is 0 Å². The monoisotopic (exact) mass is 715 g/mol. The van der Waals surface area contributed by atoms with E-state index in [0.29, 0.717) is 0 Å². The topological polar surface area (TPSA) is 3.24 Å². The Morgan fingerprint density at radius 1 is 0.321 bits per heavy atom. The van der Waals surface area contributed by atoms with Crippen LogP contribution in [0.5, 0.6) is 0 Å². The Balaban J connectivity index is 1.16. The predicted octanol–water partition coefficient (Wildman–Crippen LogP) is 15.3. The van der Waals surface area contributed by atoms with Gasteiger partial charge in [-0.15, -0.1) is 0 Å². The highest BCUT2D eigenvalue weighted by molar-refractivity contribution is 6.01. The van der Waals surface area contributed by atoms with Crippen LogP contribution in [0.25, 0.3) is 66.4 Å². The van der Waals surface area contributed by atoms with Gasteiger partial charge in [0.15, 0.2) is 0 Å². The van der Waals surface area contributed by atoms with Gasteiger partial charge in [-0.05, 0) is 114 Å². The summed E-state index contributed by atoms with van der Waals surface area (Å²) < 4.78 is 0. The third-order valence-electron chi connectivity index (χ3n) is 11.7. The average Bonchev–Trinajstić information content (AvgIpc) is 3.50. The van der Waals surface area contributed by atoms with Crippen molar-refractivity contribution in [3.8, 4) is 55.6 Å². The number of rotatable bonds is 7. The van der Waals surface area contributed by atoms with E-state index in [1.54, 1.807) is 0 Å². The fourth-order valence-corrected chi connectivity index (χ4v) is 8.85. The Morgan fingerprint density at radius 2 is 0.857 bits per heavy atom. The minimum Gasteiger partial charge on any atom is -0.310 e. The van der Waals surface area contributed by atoms with Gasteiger partial charge < -0.3 is 4.90 Å². The van der Waals surface area contributed by atoms with E-state index in [1.165, 1.54) is 77.5 Å². The number of hydrogen-bond donors (Lipinski definition) is 0. The minimum absolute atomic E-state index is 0.176. The number of anilines is 3. The fourth-order valence-electron chi connectivity index (χ4n) is 8.85. The Hall–Kier alpha value is -6.96. The second-order valence-electron chi connectivity index (χ2n) is 15.3. The molecule has 0 aromatic heterocycles. The number of nitrogens with zero attached hydrogens (tertiary/aromatic N) is 1. The molecule has 0 fully saturated rings. The first-order valence-corrected chi connectivity index (χ1v) is 19.5. The van der Waals surface area contributed by atoms with E-state index in [4.69, 9.17) is 0 Å². The van der Waals surface area contributed by atoms with Crippen molar-refractivity contribution in [2.75, 3.05) is 4.90 Å². The summed E-state index contributed by atoms with van der Waals surface area (Å²) in [5, 5.41) is 2.45. The molecule has 0 heterocycles. The first-order chi connectivity index (χ1) is 27.5. The standard InChI is InChI=1S/C55H41N/c1-55(2)51-27-16-26-46(40-19-8-4-9-20-40)54(51)48-34-33-45(37-52(48)55)56(44-23-10-5-11-24-44)53-28-15-14-25-47(53)50-36-43-22-13-12-21-42(43)35-49(50)41-31-29-39(30-32-41)38-17-6-3-7-18-38/h3-37H,1-2H3. The average molecular weight is 716 g/mol. The van der Waals surface area contributed by atoms with Crippen molar-refractivity contribution >= 4 is 27.8 Å². The summed E-state index contributed by atoms with van der Waals surface area (Å²) in [5.74, 6) is 0. The largest absolute Gasteiger partial charge is 0.310 e. The molecule has 0 radical (unpaired) electrons. The number of para-hydroxylation sites is 2. The SMILES string of the molecule is CC1(C)c2cc(N(c3ccccc3)c3ccccc3-c3cc4ccccc4cc3-c3ccc(-c4ccccc4)cc3)ccc2-c2c(-c3ccccc3)cccc21. The Bertz CT molecular complexity index is 2850. The lowest BCUT2D eigenvalue weighted by Gasteiger charge is -2.30. The first kappa shape index (κ1) is 33.6. The molecular weight excluding hydrogens is 675 g/mol. The van der Waals surface area contributed by atoms with E-state index in [1.807, 2.05) is 0 Å². The van der Waals surface area contributed by atoms with E-state index in [-0.39, 0.29) is 5.41 Å². The van der Waals surface area contributed by atoms with Gasteiger partial charge in [0.1, 0.15) is 0 Å². The molecule has 1 aliphatic carbocycles. The summed E-state index contributed by atoms with van der Waals surface area (Å²) in [6, 6.07) is 77.6. The van der Waals surface area contributed by atoms with Gasteiger partial charge in [-0.25, -0.2) is 0 Å². The van der Waals surface area contributed by atoms with Crippen LogP contribution in [-0.4, -0.2) is 0 Å². The molecule has 0 saturated carbocycles. The molecule has 0 amide bonds. The zero-order valence-electron chi connectivity index (χ0n) is 31.7. The molecule has 1 heteroatoms. The molecule has 0 bridgehead atoms. The summed E-state index contributed by atoms with van der Waals surface area (Å²) in [6.45, 7) is 4.75. The molecule has 10 rings (SSSR count). The Kier molecular flexibility index (Phi) is 8.23.